The van der Waals surface area contributed by atoms with Crippen molar-refractivity contribution in [2.24, 2.45) is 16.3 Å². The fraction of sp³-hybridized carbons (Fsp3) is 0.895. The lowest BCUT2D eigenvalue weighted by Crippen LogP contribution is -2.46. The van der Waals surface area contributed by atoms with Crippen LogP contribution in [0.2, 0.25) is 0 Å². The van der Waals surface area contributed by atoms with Crippen molar-refractivity contribution >= 4 is 11.9 Å². The fourth-order valence-corrected chi connectivity index (χ4v) is 3.49. The van der Waals surface area contributed by atoms with Crippen molar-refractivity contribution in [3.63, 3.8) is 0 Å². The molecule has 2 rings (SSSR count). The van der Waals surface area contributed by atoms with Crippen LogP contribution in [0.4, 0.5) is 4.79 Å². The Morgan fingerprint density at radius 2 is 1.80 bits per heavy atom. The van der Waals surface area contributed by atoms with E-state index < -0.39 is 6.09 Å². The van der Waals surface area contributed by atoms with E-state index in [1.807, 2.05) is 0 Å². The maximum atomic E-state index is 12.3. The van der Waals surface area contributed by atoms with E-state index in [2.05, 4.69) is 42.5 Å². The first-order chi connectivity index (χ1) is 11.9. The molecule has 0 unspecified atom stereocenters. The molecule has 0 aliphatic carbocycles. The van der Waals surface area contributed by atoms with E-state index in [0.717, 1.165) is 44.9 Å². The normalized spacial score (nSPS) is 21.4. The first-order valence-electron chi connectivity index (χ1n) is 9.71. The predicted octanol–water partition coefficient (Wildman–Crippen LogP) is 3.02. The Kier molecular flexibility index (Phi) is 7.69. The zero-order chi connectivity index (χ0) is 18.3. The lowest BCUT2D eigenvalue weighted by atomic mass is 9.93. The molecule has 0 aromatic heterocycles. The highest BCUT2D eigenvalue weighted by Crippen LogP contribution is 2.21. The van der Waals surface area contributed by atoms with Crippen LogP contribution in [0.15, 0.2) is 4.99 Å². The standard InChI is InChI=1S/C19H35N3O3/c1-5-8-21-9-6-16(7-10-21)15-25-18(23)20-17(19(2,3)4)22-11-13-24-14-12-22/h16H,5-15H2,1-4H3/b20-17-. The number of ether oxygens (including phenoxy) is 2. The Labute approximate surface area is 152 Å². The van der Waals surface area contributed by atoms with Gasteiger partial charge in [0.05, 0.1) is 19.8 Å². The molecular formula is C19H35N3O3. The highest BCUT2D eigenvalue weighted by molar-refractivity contribution is 5.95. The molecule has 144 valence electrons. The van der Waals surface area contributed by atoms with Gasteiger partial charge in [-0.05, 0) is 44.8 Å². The van der Waals surface area contributed by atoms with Crippen molar-refractivity contribution in [2.45, 2.75) is 47.0 Å². The number of amidine groups is 1. The van der Waals surface area contributed by atoms with Gasteiger partial charge in [-0.15, -0.1) is 0 Å². The predicted molar refractivity (Wildman–Crippen MR) is 100 cm³/mol. The lowest BCUT2D eigenvalue weighted by Gasteiger charge is -2.35. The van der Waals surface area contributed by atoms with E-state index in [1.54, 1.807) is 0 Å². The fourth-order valence-electron chi connectivity index (χ4n) is 3.49. The van der Waals surface area contributed by atoms with E-state index in [-0.39, 0.29) is 5.41 Å². The van der Waals surface area contributed by atoms with Crippen LogP contribution in [-0.2, 0) is 9.47 Å². The Morgan fingerprint density at radius 1 is 1.16 bits per heavy atom. The summed E-state index contributed by atoms with van der Waals surface area (Å²) in [6.45, 7) is 15.3. The van der Waals surface area contributed by atoms with Crippen molar-refractivity contribution < 1.29 is 14.3 Å². The molecule has 0 aromatic carbocycles. The number of carbonyl (C=O) groups is 1. The topological polar surface area (TPSA) is 54.4 Å². The molecule has 0 bridgehead atoms. The van der Waals surface area contributed by atoms with Gasteiger partial charge in [0.2, 0.25) is 0 Å². The molecule has 0 atom stereocenters. The summed E-state index contributed by atoms with van der Waals surface area (Å²) in [5, 5.41) is 0. The molecule has 2 saturated heterocycles. The summed E-state index contributed by atoms with van der Waals surface area (Å²) < 4.78 is 10.9. The minimum atomic E-state index is -0.451. The van der Waals surface area contributed by atoms with Gasteiger partial charge in [0.15, 0.2) is 0 Å². The SMILES string of the molecule is CCCN1CCC(COC(=O)/N=C(\N2CCOCC2)C(C)(C)C)CC1. The molecule has 6 nitrogen and oxygen atoms in total. The van der Waals surface area contributed by atoms with Gasteiger partial charge in [-0.25, -0.2) is 4.79 Å². The van der Waals surface area contributed by atoms with Crippen LogP contribution in [-0.4, -0.2) is 74.3 Å². The molecule has 0 spiro atoms. The number of hydrogen-bond acceptors (Lipinski definition) is 4. The second-order valence-electron chi connectivity index (χ2n) is 8.15. The Hall–Kier alpha value is -1.14. The molecule has 2 aliphatic heterocycles. The second kappa shape index (κ2) is 9.53. The van der Waals surface area contributed by atoms with E-state index in [1.165, 1.54) is 13.0 Å². The van der Waals surface area contributed by atoms with Gasteiger partial charge >= 0.3 is 6.09 Å². The highest BCUT2D eigenvalue weighted by atomic mass is 16.5. The van der Waals surface area contributed by atoms with Crippen molar-refractivity contribution in [3.05, 3.63) is 0 Å². The summed E-state index contributed by atoms with van der Waals surface area (Å²) >= 11 is 0. The quantitative estimate of drug-likeness (QED) is 0.574. The van der Waals surface area contributed by atoms with Crippen LogP contribution in [0.3, 0.4) is 0 Å². The molecule has 6 heteroatoms. The summed E-state index contributed by atoms with van der Waals surface area (Å²) in [7, 11) is 0. The number of piperidine rings is 1. The van der Waals surface area contributed by atoms with E-state index >= 15 is 0 Å². The molecule has 0 radical (unpaired) electrons. The van der Waals surface area contributed by atoms with Gasteiger partial charge in [-0.3, -0.25) is 0 Å². The Bertz CT molecular complexity index is 445. The smallest absolute Gasteiger partial charge is 0.435 e. The number of carbonyl (C=O) groups excluding carboxylic acids is 1. The second-order valence-corrected chi connectivity index (χ2v) is 8.15. The monoisotopic (exact) mass is 353 g/mol. The van der Waals surface area contributed by atoms with Crippen molar-refractivity contribution in [2.75, 3.05) is 52.5 Å². The maximum Gasteiger partial charge on any atom is 0.435 e. The third-order valence-electron chi connectivity index (χ3n) is 4.87. The van der Waals surface area contributed by atoms with Crippen LogP contribution in [0.1, 0.15) is 47.0 Å². The molecule has 2 fully saturated rings. The van der Waals surface area contributed by atoms with Gasteiger partial charge in [0.25, 0.3) is 0 Å². The van der Waals surface area contributed by atoms with Gasteiger partial charge in [0, 0.05) is 18.5 Å². The van der Waals surface area contributed by atoms with Crippen molar-refractivity contribution in [1.82, 2.24) is 9.80 Å². The van der Waals surface area contributed by atoms with Crippen LogP contribution >= 0.6 is 0 Å². The average molecular weight is 354 g/mol. The molecule has 0 aromatic rings. The third-order valence-corrected chi connectivity index (χ3v) is 4.87. The molecule has 2 heterocycles. The van der Waals surface area contributed by atoms with E-state index in [4.69, 9.17) is 9.47 Å². The summed E-state index contributed by atoms with van der Waals surface area (Å²) in [6.07, 6.45) is 2.96. The lowest BCUT2D eigenvalue weighted by molar-refractivity contribution is 0.0639. The number of aliphatic imine (C=N–C) groups is 1. The van der Waals surface area contributed by atoms with Crippen LogP contribution in [0.25, 0.3) is 0 Å². The first-order valence-corrected chi connectivity index (χ1v) is 9.71. The Morgan fingerprint density at radius 3 is 2.36 bits per heavy atom. The maximum absolute atomic E-state index is 12.3. The van der Waals surface area contributed by atoms with Crippen LogP contribution in [0, 0.1) is 11.3 Å². The average Bonchev–Trinajstić information content (AvgIpc) is 2.59. The first kappa shape index (κ1) is 20.2. The summed E-state index contributed by atoms with van der Waals surface area (Å²) in [5.74, 6) is 1.27. The number of likely N-dealkylation sites (tertiary alicyclic amines) is 1. The summed E-state index contributed by atoms with van der Waals surface area (Å²) in [5.41, 5.74) is -0.193. The van der Waals surface area contributed by atoms with Crippen LogP contribution < -0.4 is 0 Å². The number of amides is 1. The van der Waals surface area contributed by atoms with Gasteiger partial charge in [-0.1, -0.05) is 27.7 Å². The summed E-state index contributed by atoms with van der Waals surface area (Å²) in [4.78, 5) is 21.2. The number of rotatable bonds is 4. The van der Waals surface area contributed by atoms with Gasteiger partial charge in [-0.2, -0.15) is 4.99 Å². The largest absolute Gasteiger partial charge is 0.448 e. The van der Waals surface area contributed by atoms with E-state index in [9.17, 15) is 4.79 Å². The third kappa shape index (κ3) is 6.59. The molecule has 0 saturated carbocycles. The number of hydrogen-bond donors (Lipinski definition) is 0. The molecule has 25 heavy (non-hydrogen) atoms. The number of morpholine rings is 1. The van der Waals surface area contributed by atoms with E-state index in [0.29, 0.717) is 25.7 Å². The van der Waals surface area contributed by atoms with Crippen molar-refractivity contribution in [3.8, 4) is 0 Å². The Balaban J connectivity index is 1.84. The zero-order valence-electron chi connectivity index (χ0n) is 16.4. The van der Waals surface area contributed by atoms with Crippen LogP contribution in [0.5, 0.6) is 0 Å². The van der Waals surface area contributed by atoms with Crippen molar-refractivity contribution in [1.29, 1.82) is 0 Å². The summed E-state index contributed by atoms with van der Waals surface area (Å²) in [6, 6.07) is 0. The zero-order valence-corrected chi connectivity index (χ0v) is 16.4. The molecular weight excluding hydrogens is 318 g/mol. The minimum Gasteiger partial charge on any atom is -0.448 e. The van der Waals surface area contributed by atoms with Gasteiger partial charge in [0.1, 0.15) is 5.84 Å². The molecule has 1 amide bonds. The molecule has 2 aliphatic rings. The number of nitrogens with zero attached hydrogens (tertiary/aromatic N) is 3. The minimum absolute atomic E-state index is 0.193. The molecule has 0 N–H and O–H groups in total. The highest BCUT2D eigenvalue weighted by Gasteiger charge is 2.28. The van der Waals surface area contributed by atoms with Gasteiger partial charge < -0.3 is 19.3 Å².